The predicted molar refractivity (Wildman–Crippen MR) is 123 cm³/mol. The van der Waals surface area contributed by atoms with Crippen molar-refractivity contribution in [1.82, 2.24) is 4.90 Å². The molecule has 7 heteroatoms. The molecule has 0 aromatic heterocycles. The van der Waals surface area contributed by atoms with Crippen LogP contribution in [0.2, 0.25) is 0 Å². The van der Waals surface area contributed by atoms with Crippen LogP contribution in [0.25, 0.3) is 6.08 Å². The Bertz CT molecular complexity index is 963. The van der Waals surface area contributed by atoms with E-state index in [0.29, 0.717) is 30.5 Å². The van der Waals surface area contributed by atoms with Gasteiger partial charge in [0.15, 0.2) is 11.5 Å². The minimum absolute atomic E-state index is 0.199. The number of rotatable bonds is 6. The van der Waals surface area contributed by atoms with E-state index < -0.39 is 0 Å². The number of amides is 1. The second kappa shape index (κ2) is 10.1. The van der Waals surface area contributed by atoms with E-state index >= 15 is 0 Å². The lowest BCUT2D eigenvalue weighted by Crippen LogP contribution is -2.44. The molecule has 0 aliphatic carbocycles. The first-order chi connectivity index (χ1) is 15.5. The Labute approximate surface area is 188 Å². The van der Waals surface area contributed by atoms with Gasteiger partial charge in [0.1, 0.15) is 13.2 Å². The minimum atomic E-state index is -0.199. The molecule has 170 valence electrons. The first-order valence-electron chi connectivity index (χ1n) is 10.9. The molecule has 2 aliphatic heterocycles. The van der Waals surface area contributed by atoms with Crippen molar-refractivity contribution in [2.75, 3.05) is 38.7 Å². The molecule has 0 spiro atoms. The smallest absolute Gasteiger partial charge is 0.248 e. The standard InChI is InChI=1S/C25H30N2O5/c1-17-14-27(15-18(2)32-17)16-20-6-4-5-7-21(20)26-24(28)9-8-19-12-22(29-3)25-23(13-19)30-10-11-31-25/h4-9,12-13,17-18H,10-11,14-16H2,1-3H3,(H,26,28)/b9-8+. The molecule has 2 aromatic rings. The molecule has 2 atom stereocenters. The summed E-state index contributed by atoms with van der Waals surface area (Å²) in [4.78, 5) is 15.0. The maximum atomic E-state index is 12.7. The van der Waals surface area contributed by atoms with Gasteiger partial charge >= 0.3 is 0 Å². The maximum Gasteiger partial charge on any atom is 0.248 e. The highest BCUT2D eigenvalue weighted by Gasteiger charge is 2.23. The summed E-state index contributed by atoms with van der Waals surface area (Å²) in [6.45, 7) is 7.67. The topological polar surface area (TPSA) is 69.3 Å². The van der Waals surface area contributed by atoms with Gasteiger partial charge in [0, 0.05) is 31.4 Å². The van der Waals surface area contributed by atoms with Gasteiger partial charge in [0.2, 0.25) is 11.7 Å². The van der Waals surface area contributed by atoms with Gasteiger partial charge in [-0.05, 0) is 49.2 Å². The van der Waals surface area contributed by atoms with Crippen molar-refractivity contribution in [3.63, 3.8) is 0 Å². The number of para-hydroxylation sites is 1. The summed E-state index contributed by atoms with van der Waals surface area (Å²) in [7, 11) is 1.58. The van der Waals surface area contributed by atoms with Crippen LogP contribution in [0, 0.1) is 0 Å². The largest absolute Gasteiger partial charge is 0.493 e. The van der Waals surface area contributed by atoms with Gasteiger partial charge in [0.05, 0.1) is 19.3 Å². The molecule has 1 saturated heterocycles. The Kier molecular flexibility index (Phi) is 6.97. The summed E-state index contributed by atoms with van der Waals surface area (Å²) in [6, 6.07) is 11.6. The van der Waals surface area contributed by atoms with E-state index in [-0.39, 0.29) is 18.1 Å². The lowest BCUT2D eigenvalue weighted by atomic mass is 10.1. The monoisotopic (exact) mass is 438 g/mol. The number of hydrogen-bond donors (Lipinski definition) is 1. The third kappa shape index (κ3) is 5.41. The third-order valence-corrected chi connectivity index (χ3v) is 5.44. The van der Waals surface area contributed by atoms with Crippen molar-refractivity contribution in [2.24, 2.45) is 0 Å². The first-order valence-corrected chi connectivity index (χ1v) is 10.9. The van der Waals surface area contributed by atoms with Crippen LogP contribution in [0.15, 0.2) is 42.5 Å². The number of ether oxygens (including phenoxy) is 4. The van der Waals surface area contributed by atoms with E-state index in [0.717, 1.165) is 36.4 Å². The van der Waals surface area contributed by atoms with E-state index in [1.165, 1.54) is 6.08 Å². The van der Waals surface area contributed by atoms with Crippen LogP contribution in [-0.2, 0) is 16.1 Å². The van der Waals surface area contributed by atoms with Crippen molar-refractivity contribution < 1.29 is 23.7 Å². The second-order valence-corrected chi connectivity index (χ2v) is 8.18. The number of anilines is 1. The summed E-state index contributed by atoms with van der Waals surface area (Å²) >= 11 is 0. The number of morpholine rings is 1. The molecule has 1 amide bonds. The number of nitrogens with zero attached hydrogens (tertiary/aromatic N) is 1. The van der Waals surface area contributed by atoms with E-state index in [2.05, 4.69) is 30.1 Å². The lowest BCUT2D eigenvalue weighted by molar-refractivity contribution is -0.111. The number of nitrogens with one attached hydrogen (secondary N) is 1. The van der Waals surface area contributed by atoms with E-state index in [4.69, 9.17) is 18.9 Å². The van der Waals surface area contributed by atoms with Crippen molar-refractivity contribution in [3.8, 4) is 17.2 Å². The quantitative estimate of drug-likeness (QED) is 0.694. The molecule has 2 aliphatic rings. The fourth-order valence-corrected chi connectivity index (χ4v) is 4.17. The highest BCUT2D eigenvalue weighted by atomic mass is 16.6. The van der Waals surface area contributed by atoms with E-state index in [9.17, 15) is 4.79 Å². The first kappa shape index (κ1) is 22.2. The number of carbonyl (C=O) groups is 1. The van der Waals surface area contributed by atoms with Crippen LogP contribution in [0.5, 0.6) is 17.2 Å². The highest BCUT2D eigenvalue weighted by Crippen LogP contribution is 2.40. The molecular weight excluding hydrogens is 408 g/mol. The van der Waals surface area contributed by atoms with Crippen molar-refractivity contribution >= 4 is 17.7 Å². The van der Waals surface area contributed by atoms with Gasteiger partial charge in [-0.2, -0.15) is 0 Å². The van der Waals surface area contributed by atoms with E-state index in [1.807, 2.05) is 30.3 Å². The molecule has 0 saturated carbocycles. The van der Waals surface area contributed by atoms with Gasteiger partial charge < -0.3 is 24.3 Å². The van der Waals surface area contributed by atoms with Crippen LogP contribution in [0.1, 0.15) is 25.0 Å². The Hall–Kier alpha value is -3.03. The molecule has 0 radical (unpaired) electrons. The van der Waals surface area contributed by atoms with Crippen LogP contribution in [-0.4, -0.2) is 56.4 Å². The number of hydrogen-bond acceptors (Lipinski definition) is 6. The molecule has 1 N–H and O–H groups in total. The fraction of sp³-hybridized carbons (Fsp3) is 0.400. The molecule has 4 rings (SSSR count). The Morgan fingerprint density at radius 2 is 1.91 bits per heavy atom. The zero-order chi connectivity index (χ0) is 22.5. The Balaban J connectivity index is 1.44. The minimum Gasteiger partial charge on any atom is -0.493 e. The van der Waals surface area contributed by atoms with Crippen molar-refractivity contribution in [1.29, 1.82) is 0 Å². The Morgan fingerprint density at radius 3 is 2.69 bits per heavy atom. The molecule has 7 nitrogen and oxygen atoms in total. The van der Waals surface area contributed by atoms with Gasteiger partial charge in [0.25, 0.3) is 0 Å². The van der Waals surface area contributed by atoms with Crippen LogP contribution >= 0.6 is 0 Å². The van der Waals surface area contributed by atoms with Gasteiger partial charge in [-0.1, -0.05) is 18.2 Å². The summed E-state index contributed by atoms with van der Waals surface area (Å²) in [5.74, 6) is 1.60. The molecule has 1 fully saturated rings. The summed E-state index contributed by atoms with van der Waals surface area (Å²) < 4.78 is 22.5. The molecule has 2 aromatic carbocycles. The zero-order valence-corrected chi connectivity index (χ0v) is 18.8. The van der Waals surface area contributed by atoms with Crippen LogP contribution in [0.4, 0.5) is 5.69 Å². The Morgan fingerprint density at radius 1 is 1.16 bits per heavy atom. The number of benzene rings is 2. The lowest BCUT2D eigenvalue weighted by Gasteiger charge is -2.35. The summed E-state index contributed by atoms with van der Waals surface area (Å²) in [5.41, 5.74) is 2.69. The fourth-order valence-electron chi connectivity index (χ4n) is 4.17. The van der Waals surface area contributed by atoms with Crippen molar-refractivity contribution in [3.05, 3.63) is 53.6 Å². The highest BCUT2D eigenvalue weighted by molar-refractivity contribution is 6.02. The molecular formula is C25H30N2O5. The average molecular weight is 439 g/mol. The normalized spacial score (nSPS) is 20.8. The predicted octanol–water partition coefficient (Wildman–Crippen LogP) is 3.73. The van der Waals surface area contributed by atoms with E-state index in [1.54, 1.807) is 13.2 Å². The number of carbonyl (C=O) groups excluding carboxylic acids is 1. The number of methoxy groups -OCH3 is 1. The molecule has 2 unspecified atom stereocenters. The van der Waals surface area contributed by atoms with Crippen molar-refractivity contribution in [2.45, 2.75) is 32.6 Å². The molecule has 32 heavy (non-hydrogen) atoms. The second-order valence-electron chi connectivity index (χ2n) is 8.18. The SMILES string of the molecule is COc1cc(/C=C/C(=O)Nc2ccccc2CN2CC(C)OC(C)C2)cc2c1OCCO2. The maximum absolute atomic E-state index is 12.7. The van der Waals surface area contributed by atoms with Gasteiger partial charge in [-0.15, -0.1) is 0 Å². The number of fused-ring (bicyclic) bond motifs is 1. The summed E-state index contributed by atoms with van der Waals surface area (Å²) in [5, 5.41) is 3.01. The van der Waals surface area contributed by atoms with Gasteiger partial charge in [-0.3, -0.25) is 9.69 Å². The third-order valence-electron chi connectivity index (χ3n) is 5.44. The van der Waals surface area contributed by atoms with Crippen LogP contribution in [0.3, 0.4) is 0 Å². The molecule has 0 bridgehead atoms. The summed E-state index contributed by atoms with van der Waals surface area (Å²) in [6.07, 6.45) is 3.66. The zero-order valence-electron chi connectivity index (χ0n) is 18.8. The van der Waals surface area contributed by atoms with Crippen LogP contribution < -0.4 is 19.5 Å². The molecule has 2 heterocycles. The average Bonchev–Trinajstić information content (AvgIpc) is 2.77. The van der Waals surface area contributed by atoms with Gasteiger partial charge in [-0.25, -0.2) is 0 Å².